The Labute approximate surface area is 196 Å². The van der Waals surface area contributed by atoms with E-state index in [0.717, 1.165) is 66.4 Å². The maximum atomic E-state index is 5.22. The van der Waals surface area contributed by atoms with Crippen LogP contribution in [0, 0.1) is 20.8 Å². The summed E-state index contributed by atoms with van der Waals surface area (Å²) in [6.07, 6.45) is 0. The van der Waals surface area contributed by atoms with Crippen molar-refractivity contribution in [1.29, 1.82) is 0 Å². The third-order valence-corrected chi connectivity index (χ3v) is 8.01. The molecule has 0 atom stereocenters. The van der Waals surface area contributed by atoms with Crippen LogP contribution in [0.5, 0.6) is 0 Å². The number of nitrogens with zero attached hydrogens (tertiary/aromatic N) is 5. The summed E-state index contributed by atoms with van der Waals surface area (Å²) in [5.41, 5.74) is 2.31. The topological polar surface area (TPSA) is 58.3 Å². The summed E-state index contributed by atoms with van der Waals surface area (Å²) in [7, 11) is 0. The van der Waals surface area contributed by atoms with Gasteiger partial charge in [0.25, 0.3) is 0 Å². The minimum absolute atomic E-state index is 0.772. The molecule has 6 nitrogen and oxygen atoms in total. The number of thioether (sulfide) groups is 1. The highest BCUT2D eigenvalue weighted by molar-refractivity contribution is 7.98. The first-order chi connectivity index (χ1) is 15.6. The fourth-order valence-corrected chi connectivity index (χ4v) is 5.89. The van der Waals surface area contributed by atoms with Crippen molar-refractivity contribution >= 4 is 39.1 Å². The van der Waals surface area contributed by atoms with Gasteiger partial charge in [-0.1, -0.05) is 23.4 Å². The zero-order valence-electron chi connectivity index (χ0n) is 18.7. The molecule has 0 unspecified atom stereocenters. The van der Waals surface area contributed by atoms with Crippen LogP contribution in [0.3, 0.4) is 0 Å². The summed E-state index contributed by atoms with van der Waals surface area (Å²) in [6.45, 7) is 11.0. The van der Waals surface area contributed by atoms with Crippen molar-refractivity contribution in [1.82, 2.24) is 20.0 Å². The number of piperazine rings is 1. The van der Waals surface area contributed by atoms with E-state index >= 15 is 0 Å². The molecule has 1 saturated heterocycles. The van der Waals surface area contributed by atoms with Gasteiger partial charge in [-0.3, -0.25) is 4.90 Å². The molecule has 8 heteroatoms. The molecule has 1 aliphatic heterocycles. The average Bonchev–Trinajstić information content (AvgIpc) is 3.35. The summed E-state index contributed by atoms with van der Waals surface area (Å²) in [5.74, 6) is 3.64. The zero-order chi connectivity index (χ0) is 22.1. The number of hydrogen-bond donors (Lipinski definition) is 0. The summed E-state index contributed by atoms with van der Waals surface area (Å²) in [6, 6.07) is 12.5. The van der Waals surface area contributed by atoms with Crippen molar-refractivity contribution < 1.29 is 4.52 Å². The molecule has 0 bridgehead atoms. The van der Waals surface area contributed by atoms with Gasteiger partial charge < -0.3 is 9.42 Å². The molecule has 0 radical (unpaired) electrons. The van der Waals surface area contributed by atoms with Crippen molar-refractivity contribution in [2.45, 2.75) is 38.0 Å². The van der Waals surface area contributed by atoms with Crippen LogP contribution in [0.1, 0.15) is 27.7 Å². The zero-order valence-corrected chi connectivity index (χ0v) is 20.3. The summed E-state index contributed by atoms with van der Waals surface area (Å²) in [5, 5.41) is 5.37. The van der Waals surface area contributed by atoms with Gasteiger partial charge in [0.2, 0.25) is 0 Å². The van der Waals surface area contributed by atoms with E-state index in [4.69, 9.17) is 14.5 Å². The lowest BCUT2D eigenvalue weighted by Crippen LogP contribution is -2.46. The molecule has 4 aromatic rings. The molecule has 4 heterocycles. The molecule has 166 valence electrons. The quantitative estimate of drug-likeness (QED) is 0.362. The van der Waals surface area contributed by atoms with Crippen LogP contribution in [0.4, 0.5) is 5.82 Å². The maximum absolute atomic E-state index is 5.22. The van der Waals surface area contributed by atoms with Gasteiger partial charge in [-0.05, 0) is 38.5 Å². The third kappa shape index (κ3) is 4.53. The fraction of sp³-hybridized carbons (Fsp3) is 0.375. The largest absolute Gasteiger partial charge is 0.361 e. The van der Waals surface area contributed by atoms with Crippen molar-refractivity contribution in [2.75, 3.05) is 31.1 Å². The smallest absolute Gasteiger partial charge is 0.142 e. The van der Waals surface area contributed by atoms with Gasteiger partial charge in [-0.25, -0.2) is 9.97 Å². The van der Waals surface area contributed by atoms with Crippen molar-refractivity contribution in [3.05, 3.63) is 64.1 Å². The second-order valence-electron chi connectivity index (χ2n) is 8.22. The standard InChI is InChI=1S/C24H27N5OS2/c1-16-13-19(27-30-16)14-28-9-11-29(12-10-28)23-22-17(2)18(3)32-24(22)26-21(25-23)15-31-20-7-5-4-6-8-20/h4-8,13H,9-12,14-15H2,1-3H3. The van der Waals surface area contributed by atoms with E-state index in [2.05, 4.69) is 53.1 Å². The second kappa shape index (κ2) is 9.21. The lowest BCUT2D eigenvalue weighted by molar-refractivity contribution is 0.241. The van der Waals surface area contributed by atoms with Gasteiger partial charge in [0.15, 0.2) is 0 Å². The molecule has 0 saturated carbocycles. The fourth-order valence-electron chi connectivity index (χ4n) is 4.07. The molecule has 0 N–H and O–H groups in total. The minimum atomic E-state index is 0.772. The molecule has 0 aliphatic carbocycles. The lowest BCUT2D eigenvalue weighted by Gasteiger charge is -2.35. The van der Waals surface area contributed by atoms with Crippen LogP contribution >= 0.6 is 23.1 Å². The van der Waals surface area contributed by atoms with Gasteiger partial charge in [-0.15, -0.1) is 23.1 Å². The van der Waals surface area contributed by atoms with Gasteiger partial charge in [0.05, 0.1) is 16.8 Å². The number of rotatable bonds is 6. The molecule has 1 aliphatic rings. The van der Waals surface area contributed by atoms with E-state index in [-0.39, 0.29) is 0 Å². The normalized spacial score (nSPS) is 15.0. The second-order valence-corrected chi connectivity index (χ2v) is 10.5. The van der Waals surface area contributed by atoms with E-state index in [1.54, 1.807) is 23.1 Å². The number of benzene rings is 1. The van der Waals surface area contributed by atoms with Gasteiger partial charge >= 0.3 is 0 Å². The SMILES string of the molecule is Cc1cc(CN2CCN(c3nc(CSc4ccccc4)nc4sc(C)c(C)c34)CC2)no1. The average molecular weight is 466 g/mol. The predicted molar refractivity (Wildman–Crippen MR) is 132 cm³/mol. The maximum Gasteiger partial charge on any atom is 0.142 e. The van der Waals surface area contributed by atoms with Crippen LogP contribution < -0.4 is 4.90 Å². The van der Waals surface area contributed by atoms with Crippen LogP contribution in [0.2, 0.25) is 0 Å². The molecule has 5 rings (SSSR count). The van der Waals surface area contributed by atoms with Crippen molar-refractivity contribution in [2.24, 2.45) is 0 Å². The van der Waals surface area contributed by atoms with Gasteiger partial charge in [0, 0.05) is 48.6 Å². The molecule has 0 spiro atoms. The molecule has 0 amide bonds. The van der Waals surface area contributed by atoms with E-state index in [1.807, 2.05) is 19.1 Å². The monoisotopic (exact) mass is 465 g/mol. The van der Waals surface area contributed by atoms with Crippen LogP contribution in [0.25, 0.3) is 10.2 Å². The van der Waals surface area contributed by atoms with Crippen LogP contribution in [-0.2, 0) is 12.3 Å². The number of aryl methyl sites for hydroxylation is 3. The first kappa shape index (κ1) is 21.4. The Bertz CT molecular complexity index is 1210. The van der Waals surface area contributed by atoms with Crippen molar-refractivity contribution in [3.8, 4) is 0 Å². The molecule has 1 aromatic carbocycles. The lowest BCUT2D eigenvalue weighted by atomic mass is 10.2. The Balaban J connectivity index is 1.36. The Hall–Kier alpha value is -2.42. The van der Waals surface area contributed by atoms with Crippen LogP contribution in [-0.4, -0.2) is 46.2 Å². The molecule has 3 aromatic heterocycles. The number of fused-ring (bicyclic) bond motifs is 1. The summed E-state index contributed by atoms with van der Waals surface area (Å²) < 4.78 is 5.22. The Morgan fingerprint density at radius 2 is 1.81 bits per heavy atom. The highest BCUT2D eigenvalue weighted by atomic mass is 32.2. The predicted octanol–water partition coefficient (Wildman–Crippen LogP) is 5.22. The molecular weight excluding hydrogens is 438 g/mol. The van der Waals surface area contributed by atoms with E-state index < -0.39 is 0 Å². The van der Waals surface area contributed by atoms with Gasteiger partial charge in [0.1, 0.15) is 22.2 Å². The highest BCUT2D eigenvalue weighted by Gasteiger charge is 2.24. The molecule has 1 fully saturated rings. The number of thiophene rings is 1. The van der Waals surface area contributed by atoms with E-state index in [0.29, 0.717) is 0 Å². The minimum Gasteiger partial charge on any atom is -0.361 e. The number of anilines is 1. The first-order valence-electron chi connectivity index (χ1n) is 10.9. The first-order valence-corrected chi connectivity index (χ1v) is 12.7. The van der Waals surface area contributed by atoms with Crippen LogP contribution in [0.15, 0.2) is 45.8 Å². The van der Waals surface area contributed by atoms with Crippen molar-refractivity contribution in [3.63, 3.8) is 0 Å². The Morgan fingerprint density at radius 1 is 1.03 bits per heavy atom. The number of aromatic nitrogens is 3. The molecule has 32 heavy (non-hydrogen) atoms. The van der Waals surface area contributed by atoms with E-state index in [9.17, 15) is 0 Å². The third-order valence-electron chi connectivity index (χ3n) is 5.90. The Morgan fingerprint density at radius 3 is 2.53 bits per heavy atom. The number of hydrogen-bond acceptors (Lipinski definition) is 8. The van der Waals surface area contributed by atoms with Gasteiger partial charge in [-0.2, -0.15) is 0 Å². The highest BCUT2D eigenvalue weighted by Crippen LogP contribution is 2.36. The Kier molecular flexibility index (Phi) is 6.17. The van der Waals surface area contributed by atoms with E-state index in [1.165, 1.54) is 20.7 Å². The molecular formula is C24H27N5OS2. The summed E-state index contributed by atoms with van der Waals surface area (Å²) in [4.78, 5) is 18.6. The summed E-state index contributed by atoms with van der Waals surface area (Å²) >= 11 is 3.57.